The number of hydrogen-bond acceptors (Lipinski definition) is 6. The predicted molar refractivity (Wildman–Crippen MR) is 117 cm³/mol. The summed E-state index contributed by atoms with van der Waals surface area (Å²) in [5, 5.41) is 0. The van der Waals surface area contributed by atoms with E-state index in [0.29, 0.717) is 41.5 Å². The van der Waals surface area contributed by atoms with Gasteiger partial charge in [0.15, 0.2) is 0 Å². The molecule has 0 aliphatic carbocycles. The number of nitrogens with zero attached hydrogens (tertiary/aromatic N) is 2. The Bertz CT molecular complexity index is 1010. The fourth-order valence-corrected chi connectivity index (χ4v) is 3.03. The average Bonchev–Trinajstić information content (AvgIpc) is 2.82. The van der Waals surface area contributed by atoms with E-state index < -0.39 is 5.97 Å². The number of amides is 1. The number of hydrogen-bond donors (Lipinski definition) is 0. The number of benzene rings is 2. The second-order valence-corrected chi connectivity index (χ2v) is 6.62. The van der Waals surface area contributed by atoms with Crippen LogP contribution in [0.2, 0.25) is 0 Å². The molecule has 3 rings (SSSR count). The van der Waals surface area contributed by atoms with E-state index in [4.69, 9.17) is 14.2 Å². The second kappa shape index (κ2) is 10.2. The molecule has 0 atom stereocenters. The third-order valence-corrected chi connectivity index (χ3v) is 4.62. The molecule has 7 nitrogen and oxygen atoms in total. The van der Waals surface area contributed by atoms with Gasteiger partial charge in [0.05, 0.1) is 32.9 Å². The summed E-state index contributed by atoms with van der Waals surface area (Å²) < 4.78 is 15.6. The fraction of sp³-hybridized carbons (Fsp3) is 0.208. The molecule has 0 unspecified atom stereocenters. The van der Waals surface area contributed by atoms with Crippen LogP contribution in [0, 0.1) is 0 Å². The molecular formula is C24H24N2O5. The molecule has 0 N–H and O–H groups in total. The zero-order valence-electron chi connectivity index (χ0n) is 17.7. The number of pyridine rings is 1. The van der Waals surface area contributed by atoms with Crippen molar-refractivity contribution < 1.29 is 23.8 Å². The highest BCUT2D eigenvalue weighted by Gasteiger charge is 2.21. The summed E-state index contributed by atoms with van der Waals surface area (Å²) in [5.41, 5.74) is 2.38. The smallest absolute Gasteiger partial charge is 0.338 e. The van der Waals surface area contributed by atoms with Crippen molar-refractivity contribution in [2.24, 2.45) is 0 Å². The lowest BCUT2D eigenvalue weighted by atomic mass is 10.1. The lowest BCUT2D eigenvalue weighted by molar-refractivity contribution is 0.0526. The van der Waals surface area contributed by atoms with Gasteiger partial charge in [0.25, 0.3) is 5.91 Å². The van der Waals surface area contributed by atoms with E-state index in [1.807, 2.05) is 12.1 Å². The highest BCUT2D eigenvalue weighted by molar-refractivity contribution is 6.06. The van der Waals surface area contributed by atoms with Crippen molar-refractivity contribution in [3.63, 3.8) is 0 Å². The second-order valence-electron chi connectivity index (χ2n) is 6.62. The number of aromatic nitrogens is 1. The van der Waals surface area contributed by atoms with E-state index >= 15 is 0 Å². The van der Waals surface area contributed by atoms with Crippen LogP contribution in [0.15, 0.2) is 67.0 Å². The van der Waals surface area contributed by atoms with Gasteiger partial charge >= 0.3 is 5.97 Å². The minimum Gasteiger partial charge on any atom is -0.497 e. The Morgan fingerprint density at radius 3 is 2.03 bits per heavy atom. The van der Waals surface area contributed by atoms with Crippen LogP contribution in [0.25, 0.3) is 0 Å². The Labute approximate surface area is 181 Å². The van der Waals surface area contributed by atoms with Crippen molar-refractivity contribution >= 4 is 17.6 Å². The van der Waals surface area contributed by atoms with Crippen molar-refractivity contribution in [3.8, 4) is 11.5 Å². The summed E-state index contributed by atoms with van der Waals surface area (Å²) in [5.74, 6) is 0.393. The summed E-state index contributed by atoms with van der Waals surface area (Å²) in [7, 11) is 3.07. The highest BCUT2D eigenvalue weighted by Crippen LogP contribution is 2.26. The molecular weight excluding hydrogens is 396 g/mol. The zero-order chi connectivity index (χ0) is 22.2. The number of esters is 1. The van der Waals surface area contributed by atoms with Crippen molar-refractivity contribution in [1.82, 2.24) is 4.98 Å². The molecule has 0 saturated heterocycles. The molecule has 1 heterocycles. The fourth-order valence-electron chi connectivity index (χ4n) is 3.03. The van der Waals surface area contributed by atoms with Crippen molar-refractivity contribution in [3.05, 3.63) is 83.7 Å². The van der Waals surface area contributed by atoms with Crippen molar-refractivity contribution in [2.45, 2.75) is 13.5 Å². The van der Waals surface area contributed by atoms with E-state index in [1.165, 1.54) is 14.2 Å². The molecule has 0 saturated carbocycles. The van der Waals surface area contributed by atoms with Gasteiger partial charge in [0.2, 0.25) is 0 Å². The van der Waals surface area contributed by atoms with Crippen LogP contribution in [-0.4, -0.2) is 37.7 Å². The number of carbonyl (C=O) groups is 2. The Morgan fingerprint density at radius 1 is 0.871 bits per heavy atom. The maximum atomic E-state index is 13.5. The maximum absolute atomic E-state index is 13.5. The first-order valence-electron chi connectivity index (χ1n) is 9.76. The van der Waals surface area contributed by atoms with Crippen LogP contribution in [-0.2, 0) is 11.3 Å². The molecule has 0 aliphatic heterocycles. The quantitative estimate of drug-likeness (QED) is 0.510. The molecule has 0 spiro atoms. The van der Waals surface area contributed by atoms with Crippen molar-refractivity contribution in [2.75, 3.05) is 25.7 Å². The summed E-state index contributed by atoms with van der Waals surface area (Å²) in [4.78, 5) is 31.1. The number of ether oxygens (including phenoxy) is 3. The largest absolute Gasteiger partial charge is 0.497 e. The molecule has 2 aromatic carbocycles. The van der Waals surface area contributed by atoms with Crippen LogP contribution in [0.1, 0.15) is 33.2 Å². The Hall–Kier alpha value is -3.87. The normalized spacial score (nSPS) is 10.3. The monoisotopic (exact) mass is 420 g/mol. The molecule has 7 heteroatoms. The Balaban J connectivity index is 1.98. The molecule has 0 bridgehead atoms. The molecule has 1 aromatic heterocycles. The molecule has 1 amide bonds. The van der Waals surface area contributed by atoms with Gasteiger partial charge in [-0.05, 0) is 61.0 Å². The summed E-state index contributed by atoms with van der Waals surface area (Å²) in [6.07, 6.45) is 3.35. The van der Waals surface area contributed by atoms with Crippen LogP contribution in [0.4, 0.5) is 5.69 Å². The Morgan fingerprint density at radius 2 is 1.48 bits per heavy atom. The number of methoxy groups -OCH3 is 2. The predicted octanol–water partition coefficient (Wildman–Crippen LogP) is 4.12. The zero-order valence-corrected chi connectivity index (χ0v) is 17.7. The molecule has 0 fully saturated rings. The molecule has 0 aliphatic rings. The first-order chi connectivity index (χ1) is 15.0. The maximum Gasteiger partial charge on any atom is 0.338 e. The van der Waals surface area contributed by atoms with Gasteiger partial charge in [-0.15, -0.1) is 0 Å². The number of anilines is 1. The van der Waals surface area contributed by atoms with Crippen LogP contribution in [0.3, 0.4) is 0 Å². The minimum absolute atomic E-state index is 0.238. The lowest BCUT2D eigenvalue weighted by Crippen LogP contribution is -2.30. The van der Waals surface area contributed by atoms with Crippen LogP contribution in [0.5, 0.6) is 11.5 Å². The van der Waals surface area contributed by atoms with E-state index in [-0.39, 0.29) is 5.91 Å². The summed E-state index contributed by atoms with van der Waals surface area (Å²) >= 11 is 0. The van der Waals surface area contributed by atoms with Gasteiger partial charge in [0, 0.05) is 29.7 Å². The average molecular weight is 420 g/mol. The van der Waals surface area contributed by atoms with Gasteiger partial charge in [0.1, 0.15) is 11.5 Å². The first kappa shape index (κ1) is 21.8. The standard InChI is InChI=1S/C24H24N2O5/c1-4-31-24(28)18-5-7-20(8-6-18)26(16-17-9-11-25-12-10-17)23(27)19-13-21(29-2)15-22(14-19)30-3/h5-15H,4,16H2,1-3H3. The molecule has 0 radical (unpaired) electrons. The van der Waals surface area contributed by atoms with E-state index in [9.17, 15) is 9.59 Å². The van der Waals surface area contributed by atoms with E-state index in [1.54, 1.807) is 66.7 Å². The minimum atomic E-state index is -0.404. The van der Waals surface area contributed by atoms with Gasteiger partial charge in [-0.1, -0.05) is 0 Å². The first-order valence-corrected chi connectivity index (χ1v) is 9.76. The topological polar surface area (TPSA) is 78.0 Å². The van der Waals surface area contributed by atoms with Gasteiger partial charge in [-0.25, -0.2) is 4.79 Å². The van der Waals surface area contributed by atoms with Crippen LogP contribution < -0.4 is 14.4 Å². The number of carbonyl (C=O) groups excluding carboxylic acids is 2. The molecule has 160 valence electrons. The SMILES string of the molecule is CCOC(=O)c1ccc(N(Cc2ccncc2)C(=O)c2cc(OC)cc(OC)c2)cc1. The van der Waals surface area contributed by atoms with Crippen LogP contribution >= 0.6 is 0 Å². The van der Waals surface area contributed by atoms with Gasteiger partial charge in [-0.3, -0.25) is 9.78 Å². The van der Waals surface area contributed by atoms with Gasteiger partial charge < -0.3 is 19.1 Å². The lowest BCUT2D eigenvalue weighted by Gasteiger charge is -2.24. The summed E-state index contributed by atoms with van der Waals surface area (Å²) in [6.45, 7) is 2.37. The van der Waals surface area contributed by atoms with Gasteiger partial charge in [-0.2, -0.15) is 0 Å². The highest BCUT2D eigenvalue weighted by atomic mass is 16.5. The Kier molecular flexibility index (Phi) is 7.22. The third kappa shape index (κ3) is 5.39. The molecule has 31 heavy (non-hydrogen) atoms. The van der Waals surface area contributed by atoms with E-state index in [0.717, 1.165) is 5.56 Å². The molecule has 3 aromatic rings. The van der Waals surface area contributed by atoms with E-state index in [2.05, 4.69) is 4.98 Å². The summed E-state index contributed by atoms with van der Waals surface area (Å²) in [6, 6.07) is 15.5. The van der Waals surface area contributed by atoms with Crippen molar-refractivity contribution in [1.29, 1.82) is 0 Å². The third-order valence-electron chi connectivity index (χ3n) is 4.62. The number of rotatable bonds is 8.